The summed E-state index contributed by atoms with van der Waals surface area (Å²) < 4.78 is 32.5. The Balaban J connectivity index is 2.04. The molecule has 0 atom stereocenters. The highest BCUT2D eigenvalue weighted by Gasteiger charge is 2.25. The second kappa shape index (κ2) is 8.47. The van der Waals surface area contributed by atoms with E-state index in [0.717, 1.165) is 16.8 Å². The fourth-order valence-corrected chi connectivity index (χ4v) is 3.81. The number of nitrogens with zero attached hydrogens (tertiary/aromatic N) is 2. The SMILES string of the molecule is COc1cccc(S(=O)(=O)NC(=O)c2ccc(C(C)(C)C)nc2-c2ccc(C)cc2)n1. The molecule has 31 heavy (non-hydrogen) atoms. The number of rotatable bonds is 5. The van der Waals surface area contributed by atoms with Crippen LogP contribution in [-0.4, -0.2) is 31.4 Å². The maximum Gasteiger partial charge on any atom is 0.281 e. The maximum absolute atomic E-state index is 13.0. The Morgan fingerprint density at radius 2 is 1.65 bits per heavy atom. The molecule has 1 amide bonds. The van der Waals surface area contributed by atoms with E-state index in [1.807, 2.05) is 52.0 Å². The van der Waals surface area contributed by atoms with Crippen LogP contribution in [0.4, 0.5) is 0 Å². The van der Waals surface area contributed by atoms with Crippen LogP contribution in [-0.2, 0) is 15.4 Å². The third-order valence-electron chi connectivity index (χ3n) is 4.64. The number of nitrogens with one attached hydrogen (secondary N) is 1. The molecular weight excluding hydrogens is 414 g/mol. The molecule has 7 nitrogen and oxygen atoms in total. The molecule has 0 saturated heterocycles. The molecule has 3 aromatic rings. The standard InChI is InChI=1S/C23H25N3O4S/c1-15-9-11-16(12-10-15)21-17(13-14-18(24-21)23(2,3)4)22(27)26-31(28,29)20-8-6-7-19(25-20)30-5/h6-14H,1-5H3,(H,26,27). The number of pyridine rings is 2. The molecular formula is C23H25N3O4S. The number of ether oxygens (including phenoxy) is 1. The second-order valence-corrected chi connectivity index (χ2v) is 9.79. The fourth-order valence-electron chi connectivity index (χ4n) is 2.88. The molecule has 2 heterocycles. The van der Waals surface area contributed by atoms with Gasteiger partial charge in [0.2, 0.25) is 5.88 Å². The third kappa shape index (κ3) is 5.08. The Bertz CT molecular complexity index is 1210. The number of sulfonamides is 1. The quantitative estimate of drug-likeness (QED) is 0.648. The highest BCUT2D eigenvalue weighted by atomic mass is 32.2. The smallest absolute Gasteiger partial charge is 0.281 e. The van der Waals surface area contributed by atoms with Crippen LogP contribution in [0.15, 0.2) is 59.6 Å². The normalized spacial score (nSPS) is 11.8. The zero-order valence-corrected chi connectivity index (χ0v) is 18.9. The zero-order chi connectivity index (χ0) is 22.8. The molecule has 0 aliphatic heterocycles. The highest BCUT2D eigenvalue weighted by molar-refractivity contribution is 7.90. The summed E-state index contributed by atoms with van der Waals surface area (Å²) >= 11 is 0. The first-order valence-corrected chi connectivity index (χ1v) is 11.2. The summed E-state index contributed by atoms with van der Waals surface area (Å²) in [6, 6.07) is 15.2. The van der Waals surface area contributed by atoms with Gasteiger partial charge in [0.15, 0.2) is 5.03 Å². The van der Waals surface area contributed by atoms with E-state index in [2.05, 4.69) is 9.71 Å². The Kier molecular flexibility index (Phi) is 6.13. The van der Waals surface area contributed by atoms with Gasteiger partial charge in [-0.05, 0) is 25.1 Å². The van der Waals surface area contributed by atoms with E-state index in [4.69, 9.17) is 9.72 Å². The van der Waals surface area contributed by atoms with Gasteiger partial charge in [0, 0.05) is 22.7 Å². The number of carbonyl (C=O) groups excluding carboxylic acids is 1. The average molecular weight is 440 g/mol. The van der Waals surface area contributed by atoms with Crippen molar-refractivity contribution in [2.24, 2.45) is 0 Å². The topological polar surface area (TPSA) is 98.2 Å². The van der Waals surface area contributed by atoms with Crippen molar-refractivity contribution in [3.63, 3.8) is 0 Å². The molecule has 0 unspecified atom stereocenters. The highest BCUT2D eigenvalue weighted by Crippen LogP contribution is 2.28. The number of hydrogen-bond donors (Lipinski definition) is 1. The molecule has 0 aliphatic rings. The van der Waals surface area contributed by atoms with Crippen molar-refractivity contribution in [3.05, 3.63) is 71.4 Å². The summed E-state index contributed by atoms with van der Waals surface area (Å²) in [7, 11) is -2.82. The maximum atomic E-state index is 13.0. The monoisotopic (exact) mass is 439 g/mol. The minimum Gasteiger partial charge on any atom is -0.481 e. The van der Waals surface area contributed by atoms with Gasteiger partial charge in [0.05, 0.1) is 18.4 Å². The Morgan fingerprint density at radius 1 is 0.968 bits per heavy atom. The van der Waals surface area contributed by atoms with Crippen LogP contribution in [0.1, 0.15) is 42.4 Å². The summed E-state index contributed by atoms with van der Waals surface area (Å²) in [6.45, 7) is 8.02. The molecule has 162 valence electrons. The number of methoxy groups -OCH3 is 1. The van der Waals surface area contributed by atoms with Gasteiger partial charge in [-0.1, -0.05) is 56.7 Å². The third-order valence-corrected chi connectivity index (χ3v) is 5.87. The summed E-state index contributed by atoms with van der Waals surface area (Å²) in [6.07, 6.45) is 0. The van der Waals surface area contributed by atoms with Crippen molar-refractivity contribution in [1.29, 1.82) is 0 Å². The van der Waals surface area contributed by atoms with E-state index in [-0.39, 0.29) is 21.9 Å². The van der Waals surface area contributed by atoms with Crippen molar-refractivity contribution >= 4 is 15.9 Å². The summed E-state index contributed by atoms with van der Waals surface area (Å²) in [4.78, 5) is 21.6. The lowest BCUT2D eigenvalue weighted by molar-refractivity contribution is 0.0981. The Morgan fingerprint density at radius 3 is 2.26 bits per heavy atom. The van der Waals surface area contributed by atoms with Crippen LogP contribution in [0.5, 0.6) is 5.88 Å². The molecule has 0 radical (unpaired) electrons. The molecule has 3 rings (SSSR count). The first-order chi connectivity index (χ1) is 14.5. The molecule has 0 fully saturated rings. The first-order valence-electron chi connectivity index (χ1n) is 9.68. The Labute approximate surface area is 182 Å². The van der Waals surface area contributed by atoms with Gasteiger partial charge in [-0.15, -0.1) is 0 Å². The van der Waals surface area contributed by atoms with Crippen LogP contribution < -0.4 is 9.46 Å². The van der Waals surface area contributed by atoms with E-state index < -0.39 is 15.9 Å². The van der Waals surface area contributed by atoms with Crippen molar-refractivity contribution in [2.45, 2.75) is 38.1 Å². The predicted octanol–water partition coefficient (Wildman–Crippen LogP) is 3.88. The van der Waals surface area contributed by atoms with Gasteiger partial charge in [0.25, 0.3) is 15.9 Å². The minimum atomic E-state index is -4.20. The summed E-state index contributed by atoms with van der Waals surface area (Å²) in [5, 5.41) is -0.309. The van der Waals surface area contributed by atoms with Gasteiger partial charge in [-0.2, -0.15) is 13.4 Å². The van der Waals surface area contributed by atoms with E-state index in [9.17, 15) is 13.2 Å². The largest absolute Gasteiger partial charge is 0.481 e. The molecule has 2 aromatic heterocycles. The number of aryl methyl sites for hydroxylation is 1. The van der Waals surface area contributed by atoms with Gasteiger partial charge >= 0.3 is 0 Å². The zero-order valence-electron chi connectivity index (χ0n) is 18.1. The van der Waals surface area contributed by atoms with Crippen LogP contribution in [0.3, 0.4) is 0 Å². The Hall–Kier alpha value is -3.26. The molecule has 0 saturated carbocycles. The summed E-state index contributed by atoms with van der Waals surface area (Å²) in [5.74, 6) is -0.653. The molecule has 8 heteroatoms. The van der Waals surface area contributed by atoms with E-state index in [1.165, 1.54) is 25.3 Å². The fraction of sp³-hybridized carbons (Fsp3) is 0.261. The molecule has 0 spiro atoms. The van der Waals surface area contributed by atoms with Gasteiger partial charge < -0.3 is 4.74 Å². The van der Waals surface area contributed by atoms with Crippen molar-refractivity contribution in [2.75, 3.05) is 7.11 Å². The van der Waals surface area contributed by atoms with E-state index >= 15 is 0 Å². The molecule has 0 bridgehead atoms. The van der Waals surface area contributed by atoms with Crippen LogP contribution >= 0.6 is 0 Å². The number of carbonyl (C=O) groups is 1. The predicted molar refractivity (Wildman–Crippen MR) is 119 cm³/mol. The number of hydrogen-bond acceptors (Lipinski definition) is 6. The lowest BCUT2D eigenvalue weighted by atomic mass is 9.90. The lowest BCUT2D eigenvalue weighted by Crippen LogP contribution is -2.32. The van der Waals surface area contributed by atoms with Crippen LogP contribution in [0, 0.1) is 6.92 Å². The molecule has 0 aliphatic carbocycles. The van der Waals surface area contributed by atoms with Crippen molar-refractivity contribution < 1.29 is 17.9 Å². The van der Waals surface area contributed by atoms with Gasteiger partial charge in [-0.3, -0.25) is 9.78 Å². The minimum absolute atomic E-state index is 0.131. The summed E-state index contributed by atoms with van der Waals surface area (Å²) in [5.41, 5.74) is 2.90. The number of amides is 1. The van der Waals surface area contributed by atoms with Crippen molar-refractivity contribution in [1.82, 2.24) is 14.7 Å². The van der Waals surface area contributed by atoms with Crippen LogP contribution in [0.25, 0.3) is 11.3 Å². The molecule has 1 N–H and O–H groups in total. The molecule has 1 aromatic carbocycles. The lowest BCUT2D eigenvalue weighted by Gasteiger charge is -2.20. The first kappa shape index (κ1) is 22.4. The van der Waals surface area contributed by atoms with Gasteiger partial charge in [0.1, 0.15) is 0 Å². The second-order valence-electron chi connectivity index (χ2n) is 8.16. The van der Waals surface area contributed by atoms with Gasteiger partial charge in [-0.25, -0.2) is 4.72 Å². The van der Waals surface area contributed by atoms with E-state index in [1.54, 1.807) is 12.1 Å². The number of aromatic nitrogens is 2. The number of benzene rings is 1. The van der Waals surface area contributed by atoms with E-state index in [0.29, 0.717) is 5.69 Å². The van der Waals surface area contributed by atoms with Crippen molar-refractivity contribution in [3.8, 4) is 17.1 Å². The van der Waals surface area contributed by atoms with Crippen LogP contribution in [0.2, 0.25) is 0 Å². The average Bonchev–Trinajstić information content (AvgIpc) is 2.73.